The highest BCUT2D eigenvalue weighted by Crippen LogP contribution is 2.28. The fourth-order valence-corrected chi connectivity index (χ4v) is 2.76. The van der Waals surface area contributed by atoms with Crippen molar-refractivity contribution in [3.05, 3.63) is 29.6 Å². The first-order chi connectivity index (χ1) is 9.95. The lowest BCUT2D eigenvalue weighted by Crippen LogP contribution is -2.50. The Morgan fingerprint density at radius 2 is 2.19 bits per heavy atom. The number of likely N-dealkylation sites (tertiary alicyclic amines) is 1. The van der Waals surface area contributed by atoms with Crippen molar-refractivity contribution in [3.63, 3.8) is 0 Å². The first kappa shape index (κ1) is 15.3. The molecule has 1 heterocycles. The molecular formula is C15H19FN2O3. The molecule has 1 aliphatic heterocycles. The molecule has 1 aromatic rings. The monoisotopic (exact) mass is 294 g/mol. The van der Waals surface area contributed by atoms with Crippen molar-refractivity contribution >= 4 is 17.6 Å². The van der Waals surface area contributed by atoms with Gasteiger partial charge in [0.15, 0.2) is 0 Å². The van der Waals surface area contributed by atoms with Gasteiger partial charge in [-0.15, -0.1) is 0 Å². The predicted molar refractivity (Wildman–Crippen MR) is 76.3 cm³/mol. The number of nitrogens with two attached hydrogens (primary N) is 1. The van der Waals surface area contributed by atoms with Crippen molar-refractivity contribution in [3.8, 4) is 0 Å². The molecule has 6 heteroatoms. The average molecular weight is 294 g/mol. The zero-order valence-corrected chi connectivity index (χ0v) is 11.9. The summed E-state index contributed by atoms with van der Waals surface area (Å²) in [5, 5.41) is 9.34. The molecule has 0 aliphatic carbocycles. The van der Waals surface area contributed by atoms with Crippen LogP contribution in [0, 0.1) is 11.7 Å². The molecule has 2 atom stereocenters. The van der Waals surface area contributed by atoms with E-state index < -0.39 is 23.7 Å². The number of para-hydroxylation sites is 1. The van der Waals surface area contributed by atoms with E-state index in [-0.39, 0.29) is 11.3 Å². The fourth-order valence-electron chi connectivity index (χ4n) is 2.76. The Labute approximate surface area is 122 Å². The Bertz CT molecular complexity index is 562. The van der Waals surface area contributed by atoms with Crippen molar-refractivity contribution in [2.75, 3.05) is 12.3 Å². The van der Waals surface area contributed by atoms with Crippen LogP contribution < -0.4 is 5.73 Å². The van der Waals surface area contributed by atoms with E-state index in [0.717, 1.165) is 12.8 Å². The van der Waals surface area contributed by atoms with Crippen LogP contribution in [0.3, 0.4) is 0 Å². The van der Waals surface area contributed by atoms with Crippen LogP contribution in [0.1, 0.15) is 36.5 Å². The van der Waals surface area contributed by atoms with Gasteiger partial charge in [0.05, 0.1) is 11.3 Å². The van der Waals surface area contributed by atoms with Gasteiger partial charge in [-0.25, -0.2) is 9.18 Å². The van der Waals surface area contributed by atoms with Gasteiger partial charge in [-0.3, -0.25) is 4.79 Å². The Kier molecular flexibility index (Phi) is 4.45. The number of carbonyl (C=O) groups is 2. The molecule has 1 fully saturated rings. The number of hydrogen-bond acceptors (Lipinski definition) is 3. The van der Waals surface area contributed by atoms with E-state index in [9.17, 15) is 19.1 Å². The number of carboxylic acids is 1. The van der Waals surface area contributed by atoms with Crippen molar-refractivity contribution in [2.45, 2.75) is 32.2 Å². The van der Waals surface area contributed by atoms with Crippen molar-refractivity contribution in [1.29, 1.82) is 0 Å². The second-order valence-electron chi connectivity index (χ2n) is 5.35. The second kappa shape index (κ2) is 6.11. The molecule has 2 rings (SSSR count). The Morgan fingerprint density at radius 3 is 2.81 bits per heavy atom. The first-order valence-corrected chi connectivity index (χ1v) is 7.03. The summed E-state index contributed by atoms with van der Waals surface area (Å²) < 4.78 is 13.5. The van der Waals surface area contributed by atoms with Crippen LogP contribution >= 0.6 is 0 Å². The summed E-state index contributed by atoms with van der Waals surface area (Å²) in [5.41, 5.74) is 5.39. The topological polar surface area (TPSA) is 83.6 Å². The number of amides is 1. The number of benzene rings is 1. The van der Waals surface area contributed by atoms with Crippen LogP contribution in [0.15, 0.2) is 18.2 Å². The van der Waals surface area contributed by atoms with E-state index in [1.165, 1.54) is 23.1 Å². The lowest BCUT2D eigenvalue weighted by molar-refractivity contribution is -0.144. The summed E-state index contributed by atoms with van der Waals surface area (Å²) in [6.07, 6.45) is 2.06. The third-order valence-electron chi connectivity index (χ3n) is 4.12. The van der Waals surface area contributed by atoms with E-state index in [1.807, 2.05) is 6.92 Å². The number of anilines is 1. The molecule has 21 heavy (non-hydrogen) atoms. The van der Waals surface area contributed by atoms with Gasteiger partial charge >= 0.3 is 5.97 Å². The van der Waals surface area contributed by atoms with Crippen LogP contribution in [0.2, 0.25) is 0 Å². The lowest BCUT2D eigenvalue weighted by Gasteiger charge is -2.37. The fraction of sp³-hybridized carbons (Fsp3) is 0.467. The van der Waals surface area contributed by atoms with E-state index in [0.29, 0.717) is 18.9 Å². The molecule has 0 aromatic heterocycles. The van der Waals surface area contributed by atoms with Crippen molar-refractivity contribution < 1.29 is 19.1 Å². The SMILES string of the molecule is CCC1CCN(C(=O)c2cccc(F)c2N)C(C(=O)O)C1. The molecule has 2 unspecified atom stereocenters. The normalized spacial score (nSPS) is 22.1. The van der Waals surface area contributed by atoms with E-state index in [4.69, 9.17) is 5.73 Å². The molecule has 114 valence electrons. The third-order valence-corrected chi connectivity index (χ3v) is 4.12. The Hall–Kier alpha value is -2.11. The standard InChI is InChI=1S/C15H19FN2O3/c1-2-9-6-7-18(12(8-9)15(20)21)14(19)10-4-3-5-11(16)13(10)17/h3-5,9,12H,2,6-8,17H2,1H3,(H,20,21). The quantitative estimate of drug-likeness (QED) is 0.836. The highest BCUT2D eigenvalue weighted by atomic mass is 19.1. The molecule has 1 saturated heterocycles. The average Bonchev–Trinajstić information content (AvgIpc) is 2.48. The molecule has 0 radical (unpaired) electrons. The maximum atomic E-state index is 13.5. The molecule has 0 saturated carbocycles. The van der Waals surface area contributed by atoms with Gasteiger partial charge in [0.25, 0.3) is 5.91 Å². The maximum absolute atomic E-state index is 13.5. The third kappa shape index (κ3) is 2.99. The smallest absolute Gasteiger partial charge is 0.326 e. The van der Waals surface area contributed by atoms with E-state index >= 15 is 0 Å². The largest absolute Gasteiger partial charge is 0.480 e. The number of carboxylic acid groups (broad SMARTS) is 1. The lowest BCUT2D eigenvalue weighted by atomic mass is 9.88. The zero-order chi connectivity index (χ0) is 15.6. The number of carbonyl (C=O) groups excluding carboxylic acids is 1. The first-order valence-electron chi connectivity index (χ1n) is 7.03. The summed E-state index contributed by atoms with van der Waals surface area (Å²) in [6, 6.07) is 3.11. The van der Waals surface area contributed by atoms with Crippen LogP contribution in [0.4, 0.5) is 10.1 Å². The molecule has 3 N–H and O–H groups in total. The predicted octanol–water partition coefficient (Wildman–Crippen LogP) is 2.12. The van der Waals surface area contributed by atoms with Gasteiger partial charge in [0, 0.05) is 6.54 Å². The number of nitrogens with zero attached hydrogens (tertiary/aromatic N) is 1. The number of hydrogen-bond donors (Lipinski definition) is 2. The summed E-state index contributed by atoms with van der Waals surface area (Å²) in [7, 11) is 0. The van der Waals surface area contributed by atoms with Gasteiger partial charge in [-0.1, -0.05) is 19.4 Å². The van der Waals surface area contributed by atoms with Gasteiger partial charge < -0.3 is 15.7 Å². The minimum atomic E-state index is -1.03. The molecule has 0 bridgehead atoms. The maximum Gasteiger partial charge on any atom is 0.326 e. The number of aliphatic carboxylic acids is 1. The van der Waals surface area contributed by atoms with Gasteiger partial charge in [-0.2, -0.15) is 0 Å². The number of nitrogen functional groups attached to an aromatic ring is 1. The molecule has 1 aromatic carbocycles. The minimum absolute atomic E-state index is 0.0243. The van der Waals surface area contributed by atoms with Crippen LogP contribution in [-0.2, 0) is 4.79 Å². The minimum Gasteiger partial charge on any atom is -0.480 e. The number of halogens is 1. The Morgan fingerprint density at radius 1 is 1.48 bits per heavy atom. The highest BCUT2D eigenvalue weighted by molar-refractivity contribution is 6.01. The van der Waals surface area contributed by atoms with E-state index in [2.05, 4.69) is 0 Å². The molecule has 5 nitrogen and oxygen atoms in total. The van der Waals surface area contributed by atoms with Crippen molar-refractivity contribution in [2.24, 2.45) is 5.92 Å². The molecule has 1 aliphatic rings. The highest BCUT2D eigenvalue weighted by Gasteiger charge is 2.36. The van der Waals surface area contributed by atoms with Crippen LogP contribution in [0.25, 0.3) is 0 Å². The van der Waals surface area contributed by atoms with Crippen molar-refractivity contribution in [1.82, 2.24) is 4.90 Å². The van der Waals surface area contributed by atoms with Crippen LogP contribution in [-0.4, -0.2) is 34.5 Å². The number of piperidine rings is 1. The summed E-state index contributed by atoms with van der Waals surface area (Å²) in [5.74, 6) is -1.93. The summed E-state index contributed by atoms with van der Waals surface area (Å²) in [6.45, 7) is 2.36. The van der Waals surface area contributed by atoms with E-state index in [1.54, 1.807) is 0 Å². The summed E-state index contributed by atoms with van der Waals surface area (Å²) >= 11 is 0. The summed E-state index contributed by atoms with van der Waals surface area (Å²) in [4.78, 5) is 25.2. The second-order valence-corrected chi connectivity index (χ2v) is 5.35. The van der Waals surface area contributed by atoms with Gasteiger partial charge in [-0.05, 0) is 30.9 Å². The van der Waals surface area contributed by atoms with Gasteiger partial charge in [0.1, 0.15) is 11.9 Å². The van der Waals surface area contributed by atoms with Gasteiger partial charge in [0.2, 0.25) is 0 Å². The number of rotatable bonds is 3. The molecular weight excluding hydrogens is 275 g/mol. The molecule has 0 spiro atoms. The zero-order valence-electron chi connectivity index (χ0n) is 11.9. The molecule has 1 amide bonds. The Balaban J connectivity index is 2.28. The van der Waals surface area contributed by atoms with Crippen LogP contribution in [0.5, 0.6) is 0 Å².